The minimum Gasteiger partial charge on any atom is -0.344 e. The maximum atomic E-state index is 2.25. The predicted octanol–water partition coefficient (Wildman–Crippen LogP) is 5.18. The van der Waals surface area contributed by atoms with Gasteiger partial charge in [0.25, 0.3) is 0 Å². The van der Waals surface area contributed by atoms with Gasteiger partial charge >= 0.3 is 0 Å². The molecule has 19 heavy (non-hydrogen) atoms. The molecule has 2 aromatic carbocycles. The van der Waals surface area contributed by atoms with Crippen molar-refractivity contribution in [3.05, 3.63) is 60.2 Å². The Kier molecular flexibility index (Phi) is 4.06. The third kappa shape index (κ3) is 2.55. The molecule has 1 heterocycles. The topological polar surface area (TPSA) is 4.93 Å². The normalized spacial score (nSPS) is 10.1. The molecule has 3 rings (SSSR count). The Morgan fingerprint density at radius 2 is 1.47 bits per heavy atom. The minimum atomic E-state index is 1.27. The van der Waals surface area contributed by atoms with Gasteiger partial charge in [-0.3, -0.25) is 0 Å². The summed E-state index contributed by atoms with van der Waals surface area (Å²) in [5.74, 6) is 0. The quantitative estimate of drug-likeness (QED) is 0.561. The second kappa shape index (κ2) is 5.75. The largest absolute Gasteiger partial charge is 0.344 e. The Hall–Kier alpha value is -2.02. The lowest BCUT2D eigenvalue weighted by atomic mass is 10.1. The van der Waals surface area contributed by atoms with Crippen LogP contribution in [-0.4, -0.2) is 4.57 Å². The summed E-state index contributed by atoms with van der Waals surface area (Å²) in [6, 6.07) is 19.4. The Morgan fingerprint density at radius 3 is 2.11 bits per heavy atom. The molecule has 0 bridgehead atoms. The highest BCUT2D eigenvalue weighted by atomic mass is 14.9. The van der Waals surface area contributed by atoms with E-state index in [1.165, 1.54) is 27.7 Å². The lowest BCUT2D eigenvalue weighted by Crippen LogP contribution is -1.90. The van der Waals surface area contributed by atoms with Crippen molar-refractivity contribution in [2.24, 2.45) is 7.05 Å². The molecule has 0 fully saturated rings. The van der Waals surface area contributed by atoms with Crippen LogP contribution >= 0.6 is 0 Å². The molecule has 0 aliphatic carbocycles. The maximum absolute atomic E-state index is 2.25. The smallest absolute Gasteiger partial charge is 0.0488 e. The van der Waals surface area contributed by atoms with Gasteiger partial charge in [0.2, 0.25) is 0 Å². The highest BCUT2D eigenvalue weighted by Gasteiger charge is 2.06. The lowest BCUT2D eigenvalue weighted by molar-refractivity contribution is 0.978. The summed E-state index contributed by atoms with van der Waals surface area (Å²) >= 11 is 0. The molecule has 1 aromatic heterocycles. The summed E-state index contributed by atoms with van der Waals surface area (Å²) in [6.45, 7) is 6.12. The van der Waals surface area contributed by atoms with Gasteiger partial charge in [0, 0.05) is 23.6 Å². The predicted molar refractivity (Wildman–Crippen MR) is 84.4 cm³/mol. The zero-order valence-electron chi connectivity index (χ0n) is 12.1. The first-order valence-corrected chi connectivity index (χ1v) is 6.87. The zero-order chi connectivity index (χ0) is 13.8. The number of benzene rings is 2. The van der Waals surface area contributed by atoms with Crippen LogP contribution in [0.3, 0.4) is 0 Å². The first-order chi connectivity index (χ1) is 9.25. The van der Waals surface area contributed by atoms with E-state index in [1.54, 1.807) is 0 Å². The van der Waals surface area contributed by atoms with Crippen molar-refractivity contribution in [1.29, 1.82) is 0 Å². The second-order valence-corrected chi connectivity index (χ2v) is 4.51. The zero-order valence-corrected chi connectivity index (χ0v) is 12.1. The van der Waals surface area contributed by atoms with Gasteiger partial charge in [0.15, 0.2) is 0 Å². The molecular weight excluding hydrogens is 230 g/mol. The molecule has 98 valence electrons. The summed E-state index contributed by atoms with van der Waals surface area (Å²) in [7, 11) is 2.12. The lowest BCUT2D eigenvalue weighted by Gasteiger charge is -2.04. The molecular formula is C18H21N. The van der Waals surface area contributed by atoms with Crippen LogP contribution in [0.25, 0.3) is 22.2 Å². The fraction of sp³-hybridized carbons (Fsp3) is 0.222. The highest BCUT2D eigenvalue weighted by Crippen LogP contribution is 2.27. The number of nitrogens with zero attached hydrogens (tertiary/aromatic N) is 1. The van der Waals surface area contributed by atoms with E-state index in [0.717, 1.165) is 0 Å². The number of rotatable bonds is 1. The third-order valence-corrected chi connectivity index (χ3v) is 3.30. The Labute approximate surface area is 115 Å². The molecule has 0 spiro atoms. The monoisotopic (exact) mass is 251 g/mol. The average Bonchev–Trinajstić information content (AvgIpc) is 2.80. The van der Waals surface area contributed by atoms with Gasteiger partial charge in [-0.15, -0.1) is 0 Å². The summed E-state index contributed by atoms with van der Waals surface area (Å²) in [4.78, 5) is 0. The summed E-state index contributed by atoms with van der Waals surface area (Å²) in [5, 5.41) is 1.30. The van der Waals surface area contributed by atoms with Crippen LogP contribution in [0.15, 0.2) is 54.6 Å². The highest BCUT2D eigenvalue weighted by molar-refractivity contribution is 5.86. The first kappa shape index (κ1) is 13.4. The number of para-hydroxylation sites is 1. The van der Waals surface area contributed by atoms with Crippen molar-refractivity contribution in [2.75, 3.05) is 0 Å². The average molecular weight is 251 g/mol. The molecule has 1 heteroatoms. The number of aromatic nitrogens is 1. The van der Waals surface area contributed by atoms with Crippen LogP contribution in [0.2, 0.25) is 0 Å². The Morgan fingerprint density at radius 1 is 0.842 bits per heavy atom. The van der Waals surface area contributed by atoms with Gasteiger partial charge < -0.3 is 4.57 Å². The van der Waals surface area contributed by atoms with Crippen LogP contribution < -0.4 is 0 Å². The number of fused-ring (bicyclic) bond motifs is 1. The third-order valence-electron chi connectivity index (χ3n) is 3.30. The van der Waals surface area contributed by atoms with E-state index >= 15 is 0 Å². The van der Waals surface area contributed by atoms with Crippen molar-refractivity contribution in [3.8, 4) is 11.3 Å². The van der Waals surface area contributed by atoms with Crippen molar-refractivity contribution < 1.29 is 0 Å². The Bertz CT molecular complexity index is 660. The van der Waals surface area contributed by atoms with Crippen LogP contribution in [0.1, 0.15) is 19.4 Å². The molecule has 0 N–H and O–H groups in total. The minimum absolute atomic E-state index is 1.27. The molecule has 0 amide bonds. The molecule has 1 nitrogen and oxygen atoms in total. The van der Waals surface area contributed by atoms with Crippen molar-refractivity contribution in [3.63, 3.8) is 0 Å². The summed E-state index contributed by atoms with van der Waals surface area (Å²) < 4.78 is 2.25. The number of hydrogen-bond donors (Lipinski definition) is 0. The van der Waals surface area contributed by atoms with E-state index in [1.807, 2.05) is 13.8 Å². The van der Waals surface area contributed by atoms with E-state index in [9.17, 15) is 0 Å². The maximum Gasteiger partial charge on any atom is 0.0488 e. The Balaban J connectivity index is 0.000000637. The molecule has 3 aromatic rings. The van der Waals surface area contributed by atoms with Crippen LogP contribution in [0.5, 0.6) is 0 Å². The van der Waals surface area contributed by atoms with Crippen LogP contribution in [-0.2, 0) is 7.05 Å². The van der Waals surface area contributed by atoms with Crippen molar-refractivity contribution in [2.45, 2.75) is 20.8 Å². The van der Waals surface area contributed by atoms with Crippen molar-refractivity contribution >= 4 is 10.9 Å². The number of aryl methyl sites for hydroxylation is 2. The van der Waals surface area contributed by atoms with E-state index < -0.39 is 0 Å². The van der Waals surface area contributed by atoms with E-state index in [2.05, 4.69) is 73.1 Å². The summed E-state index contributed by atoms with van der Waals surface area (Å²) in [6.07, 6.45) is 0. The fourth-order valence-corrected chi connectivity index (χ4v) is 2.29. The van der Waals surface area contributed by atoms with E-state index in [4.69, 9.17) is 0 Å². The van der Waals surface area contributed by atoms with Crippen molar-refractivity contribution in [1.82, 2.24) is 4.57 Å². The second-order valence-electron chi connectivity index (χ2n) is 4.51. The van der Waals surface area contributed by atoms with Gasteiger partial charge in [-0.25, -0.2) is 0 Å². The van der Waals surface area contributed by atoms with Gasteiger partial charge in [-0.05, 0) is 24.6 Å². The van der Waals surface area contributed by atoms with Gasteiger partial charge in [0.1, 0.15) is 0 Å². The molecule has 0 radical (unpaired) electrons. The van der Waals surface area contributed by atoms with Crippen LogP contribution in [0, 0.1) is 6.92 Å². The fourth-order valence-electron chi connectivity index (χ4n) is 2.29. The molecule has 0 aliphatic heterocycles. The number of hydrogen-bond acceptors (Lipinski definition) is 0. The van der Waals surface area contributed by atoms with Crippen LogP contribution in [0.4, 0.5) is 0 Å². The summed E-state index contributed by atoms with van der Waals surface area (Å²) in [5.41, 5.74) is 5.12. The molecule has 0 atom stereocenters. The van der Waals surface area contributed by atoms with E-state index in [0.29, 0.717) is 0 Å². The molecule has 0 unspecified atom stereocenters. The SMILES string of the molecule is CC.Cc1ccc(-c2cc3ccccc3n2C)cc1. The molecule has 0 aliphatic rings. The standard InChI is InChI=1S/C16H15N.C2H6/c1-12-7-9-13(10-8-12)16-11-14-5-3-4-6-15(14)17(16)2;1-2/h3-11H,1-2H3;1-2H3. The van der Waals surface area contributed by atoms with Gasteiger partial charge in [-0.1, -0.05) is 61.9 Å². The first-order valence-electron chi connectivity index (χ1n) is 6.87. The molecule has 0 saturated carbocycles. The molecule has 0 saturated heterocycles. The van der Waals surface area contributed by atoms with Gasteiger partial charge in [0.05, 0.1) is 0 Å². The van der Waals surface area contributed by atoms with E-state index in [-0.39, 0.29) is 0 Å². The van der Waals surface area contributed by atoms with Gasteiger partial charge in [-0.2, -0.15) is 0 Å².